The third-order valence-electron chi connectivity index (χ3n) is 2.74. The minimum Gasteiger partial charge on any atom is -0.398 e. The van der Waals surface area contributed by atoms with Crippen LogP contribution in [0.4, 0.5) is 14.5 Å². The summed E-state index contributed by atoms with van der Waals surface area (Å²) in [5.74, 6) is 4.55. The first-order valence-electron chi connectivity index (χ1n) is 5.39. The van der Waals surface area contributed by atoms with Crippen molar-refractivity contribution in [2.45, 2.75) is 6.04 Å². The van der Waals surface area contributed by atoms with E-state index in [9.17, 15) is 8.78 Å². The number of hydrogen-bond acceptors (Lipinski definition) is 3. The van der Waals surface area contributed by atoms with Crippen LogP contribution in [0.5, 0.6) is 0 Å². The van der Waals surface area contributed by atoms with E-state index in [1.54, 1.807) is 18.2 Å². The number of nitrogens with two attached hydrogens (primary N) is 2. The third kappa shape index (κ3) is 2.32. The number of nitrogens with one attached hydrogen (secondary N) is 1. The fraction of sp³-hybridized carbons (Fsp3) is 0.0769. The van der Waals surface area contributed by atoms with Crippen LogP contribution in [0, 0.1) is 11.6 Å². The molecule has 1 unspecified atom stereocenters. The Morgan fingerprint density at radius 1 is 1.00 bits per heavy atom. The van der Waals surface area contributed by atoms with Crippen LogP contribution < -0.4 is 17.0 Å². The van der Waals surface area contributed by atoms with Crippen LogP contribution in [-0.4, -0.2) is 0 Å². The van der Waals surface area contributed by atoms with Crippen LogP contribution in [0.1, 0.15) is 17.2 Å². The first-order chi connectivity index (χ1) is 8.63. The number of anilines is 1. The van der Waals surface area contributed by atoms with Crippen molar-refractivity contribution in [2.24, 2.45) is 5.84 Å². The maximum absolute atomic E-state index is 13.7. The minimum absolute atomic E-state index is 0.317. The van der Waals surface area contributed by atoms with E-state index in [0.29, 0.717) is 16.8 Å². The molecule has 5 N–H and O–H groups in total. The Balaban J connectivity index is 2.52. The SMILES string of the molecule is NNC(c1cc(F)ccc1N)c1ccccc1F. The summed E-state index contributed by atoms with van der Waals surface area (Å²) >= 11 is 0. The summed E-state index contributed by atoms with van der Waals surface area (Å²) in [6, 6.07) is 9.36. The molecule has 2 aromatic carbocycles. The molecule has 0 spiro atoms. The lowest BCUT2D eigenvalue weighted by Crippen LogP contribution is -2.30. The maximum atomic E-state index is 13.7. The van der Waals surface area contributed by atoms with Crippen molar-refractivity contribution in [1.82, 2.24) is 5.43 Å². The van der Waals surface area contributed by atoms with E-state index < -0.39 is 17.7 Å². The summed E-state index contributed by atoms with van der Waals surface area (Å²) in [7, 11) is 0. The summed E-state index contributed by atoms with van der Waals surface area (Å²) < 4.78 is 27.0. The van der Waals surface area contributed by atoms with Gasteiger partial charge in [0, 0.05) is 16.8 Å². The molecule has 2 rings (SSSR count). The van der Waals surface area contributed by atoms with Crippen molar-refractivity contribution < 1.29 is 8.78 Å². The molecule has 18 heavy (non-hydrogen) atoms. The highest BCUT2D eigenvalue weighted by molar-refractivity contribution is 5.51. The van der Waals surface area contributed by atoms with E-state index in [2.05, 4.69) is 5.43 Å². The monoisotopic (exact) mass is 249 g/mol. The van der Waals surface area contributed by atoms with Gasteiger partial charge in [0.15, 0.2) is 0 Å². The Kier molecular flexibility index (Phi) is 3.55. The Morgan fingerprint density at radius 3 is 2.39 bits per heavy atom. The van der Waals surface area contributed by atoms with Crippen LogP contribution in [0.3, 0.4) is 0 Å². The molecule has 0 aromatic heterocycles. The summed E-state index contributed by atoms with van der Waals surface area (Å²) in [5.41, 5.74) is 9.30. The van der Waals surface area contributed by atoms with Crippen molar-refractivity contribution in [3.63, 3.8) is 0 Å². The molecule has 1 atom stereocenters. The molecule has 94 valence electrons. The van der Waals surface area contributed by atoms with Crippen LogP contribution in [0.2, 0.25) is 0 Å². The molecular formula is C13H13F2N3. The molecule has 0 amide bonds. The molecule has 0 saturated carbocycles. The average Bonchev–Trinajstić information content (AvgIpc) is 2.36. The summed E-state index contributed by atoms with van der Waals surface area (Å²) in [4.78, 5) is 0. The van der Waals surface area contributed by atoms with Crippen LogP contribution >= 0.6 is 0 Å². The van der Waals surface area contributed by atoms with Crippen LogP contribution in [0.25, 0.3) is 0 Å². The van der Waals surface area contributed by atoms with Gasteiger partial charge in [0.2, 0.25) is 0 Å². The van der Waals surface area contributed by atoms with E-state index >= 15 is 0 Å². The fourth-order valence-electron chi connectivity index (χ4n) is 1.85. The molecule has 3 nitrogen and oxygen atoms in total. The van der Waals surface area contributed by atoms with Gasteiger partial charge in [-0.15, -0.1) is 0 Å². The summed E-state index contributed by atoms with van der Waals surface area (Å²) in [6.45, 7) is 0. The lowest BCUT2D eigenvalue weighted by molar-refractivity contribution is 0.556. The molecule has 0 aliphatic rings. The first-order valence-corrected chi connectivity index (χ1v) is 5.39. The number of hydrazine groups is 1. The summed E-state index contributed by atoms with van der Waals surface area (Å²) in [5, 5.41) is 0. The third-order valence-corrected chi connectivity index (χ3v) is 2.74. The molecule has 0 heterocycles. The van der Waals surface area contributed by atoms with Gasteiger partial charge < -0.3 is 5.73 Å². The van der Waals surface area contributed by atoms with Gasteiger partial charge in [-0.2, -0.15) is 0 Å². The van der Waals surface area contributed by atoms with Gasteiger partial charge in [-0.1, -0.05) is 18.2 Å². The molecule has 0 aliphatic carbocycles. The zero-order chi connectivity index (χ0) is 13.1. The van der Waals surface area contributed by atoms with Crippen LogP contribution in [-0.2, 0) is 0 Å². The minimum atomic E-state index is -0.693. The lowest BCUT2D eigenvalue weighted by atomic mass is 9.97. The smallest absolute Gasteiger partial charge is 0.128 e. The largest absolute Gasteiger partial charge is 0.398 e. The molecule has 0 bridgehead atoms. The number of rotatable bonds is 3. The quantitative estimate of drug-likeness (QED) is 0.443. The predicted molar refractivity (Wildman–Crippen MR) is 66.4 cm³/mol. The maximum Gasteiger partial charge on any atom is 0.128 e. The molecule has 0 fully saturated rings. The number of halogens is 2. The van der Waals surface area contributed by atoms with Crippen molar-refractivity contribution in [3.05, 3.63) is 65.2 Å². The average molecular weight is 249 g/mol. The number of benzene rings is 2. The van der Waals surface area contributed by atoms with Crippen molar-refractivity contribution in [3.8, 4) is 0 Å². The van der Waals surface area contributed by atoms with Crippen molar-refractivity contribution >= 4 is 5.69 Å². The highest BCUT2D eigenvalue weighted by atomic mass is 19.1. The van der Waals surface area contributed by atoms with Gasteiger partial charge in [-0.25, -0.2) is 14.2 Å². The van der Waals surface area contributed by atoms with Gasteiger partial charge in [0.25, 0.3) is 0 Å². The van der Waals surface area contributed by atoms with E-state index in [1.807, 2.05) is 0 Å². The predicted octanol–water partition coefficient (Wildman–Crippen LogP) is 2.10. The fourth-order valence-corrected chi connectivity index (χ4v) is 1.85. The second kappa shape index (κ2) is 5.12. The molecule has 5 heteroatoms. The molecule has 0 saturated heterocycles. The lowest BCUT2D eigenvalue weighted by Gasteiger charge is -2.19. The molecule has 0 aliphatic heterocycles. The summed E-state index contributed by atoms with van der Waals surface area (Å²) in [6.07, 6.45) is 0. The van der Waals surface area contributed by atoms with E-state index in [1.165, 1.54) is 24.3 Å². The highest BCUT2D eigenvalue weighted by Crippen LogP contribution is 2.28. The van der Waals surface area contributed by atoms with E-state index in [4.69, 9.17) is 11.6 Å². The van der Waals surface area contributed by atoms with Gasteiger partial charge in [-0.3, -0.25) is 5.84 Å². The topological polar surface area (TPSA) is 64.1 Å². The Hall–Kier alpha value is -1.98. The van der Waals surface area contributed by atoms with Gasteiger partial charge in [0.05, 0.1) is 6.04 Å². The second-order valence-electron chi connectivity index (χ2n) is 3.89. The molecule has 2 aromatic rings. The standard InChI is InChI=1S/C13H13F2N3/c14-8-5-6-12(16)10(7-8)13(18-17)9-3-1-2-4-11(9)15/h1-7,13,18H,16-17H2. The number of hydrogen-bond donors (Lipinski definition) is 3. The first kappa shape index (κ1) is 12.5. The normalized spacial score (nSPS) is 12.4. The van der Waals surface area contributed by atoms with Crippen molar-refractivity contribution in [1.29, 1.82) is 0 Å². The Morgan fingerprint density at radius 2 is 1.72 bits per heavy atom. The van der Waals surface area contributed by atoms with Gasteiger partial charge >= 0.3 is 0 Å². The van der Waals surface area contributed by atoms with E-state index in [0.717, 1.165) is 0 Å². The zero-order valence-corrected chi connectivity index (χ0v) is 9.53. The van der Waals surface area contributed by atoms with Gasteiger partial charge in [0.1, 0.15) is 11.6 Å². The Labute approximate surface area is 103 Å². The van der Waals surface area contributed by atoms with E-state index in [-0.39, 0.29) is 0 Å². The number of nitrogen functional groups attached to an aromatic ring is 1. The molecular weight excluding hydrogens is 236 g/mol. The van der Waals surface area contributed by atoms with Crippen LogP contribution in [0.15, 0.2) is 42.5 Å². The van der Waals surface area contributed by atoms with Gasteiger partial charge in [-0.05, 0) is 24.3 Å². The Bertz CT molecular complexity index is 558. The highest BCUT2D eigenvalue weighted by Gasteiger charge is 2.18. The molecule has 0 radical (unpaired) electrons. The zero-order valence-electron chi connectivity index (χ0n) is 9.53. The second-order valence-corrected chi connectivity index (χ2v) is 3.89. The van der Waals surface area contributed by atoms with Crippen molar-refractivity contribution in [2.75, 3.05) is 5.73 Å².